The number of nitrogens with one attached hydrogen (secondary N) is 1. The van der Waals surface area contributed by atoms with E-state index < -0.39 is 0 Å². The van der Waals surface area contributed by atoms with Crippen molar-refractivity contribution in [3.05, 3.63) is 23.8 Å². The third-order valence-corrected chi connectivity index (χ3v) is 3.44. The number of fused-ring (bicyclic) bond motifs is 1. The van der Waals surface area contributed by atoms with Gasteiger partial charge in [-0.15, -0.1) is 0 Å². The smallest absolute Gasteiger partial charge is 0.128 e. The molecule has 20 heavy (non-hydrogen) atoms. The van der Waals surface area contributed by atoms with E-state index in [2.05, 4.69) is 26.1 Å². The Bertz CT molecular complexity index is 448. The van der Waals surface area contributed by atoms with E-state index >= 15 is 0 Å². The zero-order valence-corrected chi connectivity index (χ0v) is 12.5. The van der Waals surface area contributed by atoms with Gasteiger partial charge in [-0.3, -0.25) is 4.39 Å². The van der Waals surface area contributed by atoms with Crippen LogP contribution in [0.25, 0.3) is 0 Å². The Labute approximate surface area is 120 Å². The third kappa shape index (κ3) is 3.63. The first-order chi connectivity index (χ1) is 9.55. The van der Waals surface area contributed by atoms with E-state index in [4.69, 9.17) is 9.47 Å². The predicted molar refractivity (Wildman–Crippen MR) is 78.3 cm³/mol. The molecule has 0 spiro atoms. The van der Waals surface area contributed by atoms with E-state index in [0.717, 1.165) is 24.5 Å². The molecule has 1 aromatic rings. The van der Waals surface area contributed by atoms with Gasteiger partial charge in [0.05, 0.1) is 13.3 Å². The number of benzene rings is 1. The highest BCUT2D eigenvalue weighted by Gasteiger charge is 2.33. The minimum atomic E-state index is -0.350. The average Bonchev–Trinajstić information content (AvgIpc) is 2.37. The summed E-state index contributed by atoms with van der Waals surface area (Å²) >= 11 is 0. The van der Waals surface area contributed by atoms with Gasteiger partial charge < -0.3 is 14.8 Å². The highest BCUT2D eigenvalue weighted by molar-refractivity contribution is 5.44. The summed E-state index contributed by atoms with van der Waals surface area (Å²) in [5.41, 5.74) is 0.973. The van der Waals surface area contributed by atoms with Gasteiger partial charge >= 0.3 is 0 Å². The molecule has 1 N–H and O–H groups in total. The van der Waals surface area contributed by atoms with Crippen LogP contribution in [-0.2, 0) is 0 Å². The summed E-state index contributed by atoms with van der Waals surface area (Å²) in [6.07, 6.45) is 1.36. The zero-order valence-electron chi connectivity index (χ0n) is 12.5. The van der Waals surface area contributed by atoms with E-state index in [1.807, 2.05) is 18.2 Å². The van der Waals surface area contributed by atoms with Crippen molar-refractivity contribution >= 4 is 0 Å². The van der Waals surface area contributed by atoms with Gasteiger partial charge in [0.25, 0.3) is 0 Å². The second-order valence-electron chi connectivity index (χ2n) is 5.77. The summed E-state index contributed by atoms with van der Waals surface area (Å²) in [5.74, 6) is 1.61. The Morgan fingerprint density at radius 1 is 1.45 bits per heavy atom. The fourth-order valence-electron chi connectivity index (χ4n) is 2.59. The molecule has 1 aliphatic rings. The molecule has 0 saturated heterocycles. The van der Waals surface area contributed by atoms with Crippen LogP contribution in [-0.4, -0.2) is 25.4 Å². The third-order valence-electron chi connectivity index (χ3n) is 3.44. The number of halogens is 1. The van der Waals surface area contributed by atoms with Crippen LogP contribution in [0.3, 0.4) is 0 Å². The van der Waals surface area contributed by atoms with E-state index in [1.165, 1.54) is 5.56 Å². The zero-order chi connectivity index (χ0) is 14.6. The minimum absolute atomic E-state index is 0.197. The Morgan fingerprint density at radius 3 is 2.95 bits per heavy atom. The second-order valence-corrected chi connectivity index (χ2v) is 5.77. The second kappa shape index (κ2) is 6.44. The quantitative estimate of drug-likeness (QED) is 0.808. The van der Waals surface area contributed by atoms with E-state index in [-0.39, 0.29) is 12.3 Å². The van der Waals surface area contributed by atoms with Crippen LogP contribution < -0.4 is 14.8 Å². The van der Waals surface area contributed by atoms with Crippen molar-refractivity contribution in [1.29, 1.82) is 0 Å². The van der Waals surface area contributed by atoms with Crippen molar-refractivity contribution in [2.24, 2.45) is 0 Å². The SMILES string of the molecule is CCNC1CC(C)(C)Oc2cc(OCCCF)ccc21. The number of alkyl halides is 1. The van der Waals surface area contributed by atoms with Crippen molar-refractivity contribution in [2.75, 3.05) is 19.8 Å². The lowest BCUT2D eigenvalue weighted by molar-refractivity contribution is 0.0660. The summed E-state index contributed by atoms with van der Waals surface area (Å²) in [5, 5.41) is 3.50. The van der Waals surface area contributed by atoms with Gasteiger partial charge in [0.1, 0.15) is 17.1 Å². The number of rotatable bonds is 6. The topological polar surface area (TPSA) is 30.5 Å². The van der Waals surface area contributed by atoms with Gasteiger partial charge in [0.2, 0.25) is 0 Å². The van der Waals surface area contributed by atoms with Crippen LogP contribution in [0.15, 0.2) is 18.2 Å². The van der Waals surface area contributed by atoms with Crippen LogP contribution in [0.2, 0.25) is 0 Å². The molecule has 1 heterocycles. The molecule has 1 aromatic carbocycles. The molecule has 0 saturated carbocycles. The van der Waals surface area contributed by atoms with Gasteiger partial charge in [-0.25, -0.2) is 0 Å². The Kier molecular flexibility index (Phi) is 4.86. The van der Waals surface area contributed by atoms with Crippen molar-refractivity contribution in [3.63, 3.8) is 0 Å². The Morgan fingerprint density at radius 2 is 2.25 bits per heavy atom. The van der Waals surface area contributed by atoms with Gasteiger partial charge in [-0.2, -0.15) is 0 Å². The van der Waals surface area contributed by atoms with Crippen LogP contribution in [0.1, 0.15) is 45.2 Å². The fraction of sp³-hybridized carbons (Fsp3) is 0.625. The van der Waals surface area contributed by atoms with Crippen LogP contribution in [0, 0.1) is 0 Å². The van der Waals surface area contributed by atoms with Crippen LogP contribution in [0.4, 0.5) is 4.39 Å². The summed E-state index contributed by atoms with van der Waals surface area (Å²) in [6.45, 7) is 7.27. The number of ether oxygens (including phenoxy) is 2. The van der Waals surface area contributed by atoms with Gasteiger partial charge in [0.15, 0.2) is 0 Å². The van der Waals surface area contributed by atoms with E-state index in [0.29, 0.717) is 19.1 Å². The van der Waals surface area contributed by atoms with Crippen LogP contribution in [0.5, 0.6) is 11.5 Å². The molecule has 2 rings (SSSR count). The first-order valence-electron chi connectivity index (χ1n) is 7.31. The fourth-order valence-corrected chi connectivity index (χ4v) is 2.59. The minimum Gasteiger partial charge on any atom is -0.493 e. The Balaban J connectivity index is 2.18. The maximum Gasteiger partial charge on any atom is 0.128 e. The number of hydrogen-bond acceptors (Lipinski definition) is 3. The first kappa shape index (κ1) is 15.1. The van der Waals surface area contributed by atoms with Gasteiger partial charge in [-0.05, 0) is 26.5 Å². The van der Waals surface area contributed by atoms with Crippen molar-refractivity contribution in [3.8, 4) is 11.5 Å². The standard InChI is InChI=1S/C16H24FNO2/c1-4-18-14-11-16(2,3)20-15-10-12(6-7-13(14)15)19-9-5-8-17/h6-7,10,14,18H,4-5,8-9,11H2,1-3H3. The molecular formula is C16H24FNO2. The molecule has 0 fully saturated rings. The lowest BCUT2D eigenvalue weighted by Gasteiger charge is -2.38. The largest absolute Gasteiger partial charge is 0.493 e. The molecule has 1 atom stereocenters. The maximum atomic E-state index is 12.1. The molecule has 3 nitrogen and oxygen atoms in total. The molecule has 112 valence electrons. The summed E-state index contributed by atoms with van der Waals surface area (Å²) in [7, 11) is 0. The molecular weight excluding hydrogens is 257 g/mol. The normalized spacial score (nSPS) is 20.1. The maximum absolute atomic E-state index is 12.1. The van der Waals surface area contributed by atoms with Crippen LogP contribution >= 0.6 is 0 Å². The average molecular weight is 281 g/mol. The summed E-state index contributed by atoms with van der Waals surface area (Å²) in [6, 6.07) is 6.20. The van der Waals surface area contributed by atoms with Crippen molar-refractivity contribution in [2.45, 2.75) is 45.3 Å². The molecule has 0 radical (unpaired) electrons. The lowest BCUT2D eigenvalue weighted by Crippen LogP contribution is -2.39. The van der Waals surface area contributed by atoms with E-state index in [1.54, 1.807) is 0 Å². The molecule has 0 amide bonds. The summed E-state index contributed by atoms with van der Waals surface area (Å²) in [4.78, 5) is 0. The van der Waals surface area contributed by atoms with Gasteiger partial charge in [-0.1, -0.05) is 13.0 Å². The van der Waals surface area contributed by atoms with Crippen molar-refractivity contribution < 1.29 is 13.9 Å². The molecule has 0 aliphatic carbocycles. The molecule has 1 unspecified atom stereocenters. The highest BCUT2D eigenvalue weighted by Crippen LogP contribution is 2.41. The van der Waals surface area contributed by atoms with Crippen molar-refractivity contribution in [1.82, 2.24) is 5.32 Å². The van der Waals surface area contributed by atoms with Gasteiger partial charge in [0, 0.05) is 30.5 Å². The molecule has 1 aliphatic heterocycles. The first-order valence-corrected chi connectivity index (χ1v) is 7.31. The molecule has 0 bridgehead atoms. The predicted octanol–water partition coefficient (Wildman–Crippen LogP) is 3.64. The lowest BCUT2D eigenvalue weighted by atomic mass is 9.89. The monoisotopic (exact) mass is 281 g/mol. The summed E-state index contributed by atoms with van der Waals surface area (Å²) < 4.78 is 23.7. The number of hydrogen-bond donors (Lipinski definition) is 1. The molecule has 0 aromatic heterocycles. The van der Waals surface area contributed by atoms with E-state index in [9.17, 15) is 4.39 Å². The molecule has 4 heteroatoms. The highest BCUT2D eigenvalue weighted by atomic mass is 19.1. The Hall–Kier alpha value is -1.29.